The zero-order valence-corrected chi connectivity index (χ0v) is 27.6. The molecule has 0 amide bonds. The summed E-state index contributed by atoms with van der Waals surface area (Å²) in [5.74, 6) is -30.4. The first kappa shape index (κ1) is 41.3. The van der Waals surface area contributed by atoms with Crippen molar-refractivity contribution in [1.29, 1.82) is 0 Å². The van der Waals surface area contributed by atoms with Crippen molar-refractivity contribution in [2.75, 3.05) is 5.06 Å². The molecule has 1 spiro atoms. The van der Waals surface area contributed by atoms with Gasteiger partial charge in [0, 0.05) is 0 Å². The Morgan fingerprint density at radius 1 is 0.415 bits per heavy atom. The Balaban J connectivity index is 2.12. The van der Waals surface area contributed by atoms with Gasteiger partial charge in [0.05, 0.1) is 0 Å². The molecule has 0 bridgehead atoms. The Bertz CT molecular complexity index is 1720. The fourth-order valence-corrected chi connectivity index (χ4v) is 17.4. The molecule has 3 aromatic rings. The molecule has 0 aliphatic carbocycles. The van der Waals surface area contributed by atoms with Crippen molar-refractivity contribution < 1.29 is 96.9 Å². The summed E-state index contributed by atoms with van der Waals surface area (Å²) >= 11 is -2.05. The first-order valence-corrected chi connectivity index (χ1v) is 18.2. The first-order chi connectivity index (χ1) is 23.8. The summed E-state index contributed by atoms with van der Waals surface area (Å²) in [6.07, 6.45) is -30.3. The van der Waals surface area contributed by atoms with E-state index in [-0.39, 0.29) is 40.9 Å². The third kappa shape index (κ3) is 4.97. The molecule has 2 nitrogen and oxygen atoms in total. The summed E-state index contributed by atoms with van der Waals surface area (Å²) in [4.78, 5) is 0. The van der Waals surface area contributed by atoms with E-state index in [9.17, 15) is 52.7 Å². The maximum absolute atomic E-state index is 15.9. The van der Waals surface area contributed by atoms with Gasteiger partial charge in [-0.3, -0.25) is 0 Å². The van der Waals surface area contributed by atoms with E-state index in [2.05, 4.69) is 9.05 Å². The molecule has 0 radical (unpaired) electrons. The van der Waals surface area contributed by atoms with Crippen molar-refractivity contribution in [2.45, 2.75) is 59.6 Å². The molecule has 0 atom stereocenters. The van der Waals surface area contributed by atoms with E-state index in [0.29, 0.717) is 12.1 Å². The van der Waals surface area contributed by atoms with Crippen molar-refractivity contribution in [3.63, 3.8) is 0 Å². The van der Waals surface area contributed by atoms with Gasteiger partial charge in [0.15, 0.2) is 0 Å². The Labute approximate surface area is 288 Å². The zero-order valence-electron chi connectivity index (χ0n) is 24.9. The van der Waals surface area contributed by atoms with Gasteiger partial charge in [-0.1, -0.05) is 0 Å². The van der Waals surface area contributed by atoms with E-state index in [1.54, 1.807) is 0 Å². The second-order valence-electron chi connectivity index (χ2n) is 11.6. The standard InChI is InChI=1S/C29H15F20O2PSe/c30-22(31,26(38,39)40)20(23(32,33)27(41,42)43)16-10-4-6-12-18(16)52(50-20,14-53-15-8-2-1-3-9-15)19-13-7-5-11-17(19)21(51-52,24(34,35)28(44,45)46)25(36,37)29(47,48)49/h1-13H,14H2. The first-order valence-electron chi connectivity index (χ1n) is 13.9. The van der Waals surface area contributed by atoms with Crippen molar-refractivity contribution in [3.8, 4) is 0 Å². The van der Waals surface area contributed by atoms with Crippen molar-refractivity contribution in [2.24, 2.45) is 0 Å². The number of hydrogen-bond acceptors (Lipinski definition) is 2. The van der Waals surface area contributed by atoms with Crippen LogP contribution in [0.25, 0.3) is 0 Å². The average Bonchev–Trinajstić information content (AvgIpc) is 3.47. The van der Waals surface area contributed by atoms with Gasteiger partial charge < -0.3 is 0 Å². The Hall–Kier alpha value is -2.87. The normalized spacial score (nSPS) is 20.8. The van der Waals surface area contributed by atoms with Crippen molar-refractivity contribution >= 4 is 37.1 Å². The molecular formula is C29H15F20O2PSe. The SMILES string of the molecule is FC(F)(F)C(F)(F)C1(C(F)(F)C(F)(F)F)OP2(C[Se]c3ccccc3)(OC(C(F)(F)C(F)(F)F)(C(F)(F)C(F)(F)F)c3ccccc32)c2ccccc21. The molecule has 3 aromatic carbocycles. The van der Waals surface area contributed by atoms with Crippen LogP contribution in [-0.4, -0.2) is 68.4 Å². The minimum atomic E-state index is -8.02. The van der Waals surface area contributed by atoms with Gasteiger partial charge in [-0.15, -0.1) is 0 Å². The molecule has 2 heterocycles. The molecule has 2 aliphatic heterocycles. The molecule has 0 saturated carbocycles. The maximum atomic E-state index is 15.9. The third-order valence-electron chi connectivity index (χ3n) is 8.60. The van der Waals surface area contributed by atoms with Gasteiger partial charge >= 0.3 is 289 Å². The molecule has 0 fully saturated rings. The van der Waals surface area contributed by atoms with E-state index in [0.717, 1.165) is 24.3 Å². The number of alkyl halides is 20. The third-order valence-corrected chi connectivity index (χ3v) is 18.3. The molecule has 24 heteroatoms. The second-order valence-corrected chi connectivity index (χ2v) is 18.6. The number of fused-ring (bicyclic) bond motifs is 4. The fourth-order valence-electron chi connectivity index (χ4n) is 6.35. The van der Waals surface area contributed by atoms with Crippen molar-refractivity contribution in [3.05, 3.63) is 90.0 Å². The molecule has 0 aromatic heterocycles. The monoisotopic (exact) mass is 886 g/mol. The summed E-state index contributed by atoms with van der Waals surface area (Å²) in [6, 6.07) is 5.98. The number of rotatable bonds is 7. The van der Waals surface area contributed by atoms with Crippen LogP contribution in [-0.2, 0) is 20.2 Å². The molecule has 294 valence electrons. The Morgan fingerprint density at radius 2 is 0.698 bits per heavy atom. The summed E-state index contributed by atoms with van der Waals surface area (Å²) in [6.45, 7) is 0. The predicted octanol–water partition coefficient (Wildman–Crippen LogP) is 9.25. The molecule has 0 N–H and O–H groups in total. The average molecular weight is 885 g/mol. The quantitative estimate of drug-likeness (QED) is 0.134. The van der Waals surface area contributed by atoms with E-state index in [1.807, 2.05) is 0 Å². The number of hydrogen-bond donors (Lipinski definition) is 0. The minimum absolute atomic E-state index is 0.0147. The summed E-state index contributed by atoms with van der Waals surface area (Å²) < 4.78 is 307. The van der Waals surface area contributed by atoms with Gasteiger partial charge in [-0.25, -0.2) is 0 Å². The number of benzene rings is 3. The molecule has 0 saturated heterocycles. The van der Waals surface area contributed by atoms with Crippen LogP contribution in [0.5, 0.6) is 0 Å². The van der Waals surface area contributed by atoms with Crippen LogP contribution in [0.1, 0.15) is 11.1 Å². The summed E-state index contributed by atoms with van der Waals surface area (Å²) in [7, 11) is -8.02. The Kier molecular flexibility index (Phi) is 9.02. The zero-order chi connectivity index (χ0) is 40.4. The summed E-state index contributed by atoms with van der Waals surface area (Å²) in [5.41, 5.74) is -18.7. The topological polar surface area (TPSA) is 18.5 Å². The van der Waals surface area contributed by atoms with Crippen molar-refractivity contribution in [1.82, 2.24) is 0 Å². The second kappa shape index (κ2) is 11.6. The Morgan fingerprint density at radius 3 is 1.00 bits per heavy atom. The fraction of sp³-hybridized carbons (Fsp3) is 0.379. The van der Waals surface area contributed by atoms with Gasteiger partial charge in [0.1, 0.15) is 0 Å². The molecule has 53 heavy (non-hydrogen) atoms. The van der Waals surface area contributed by atoms with E-state index in [1.165, 1.54) is 6.07 Å². The van der Waals surface area contributed by atoms with Crippen LogP contribution in [0.4, 0.5) is 87.8 Å². The van der Waals surface area contributed by atoms with Crippen LogP contribution >= 0.6 is 7.06 Å². The molecule has 2 aliphatic rings. The van der Waals surface area contributed by atoms with Gasteiger partial charge in [-0.2, -0.15) is 0 Å². The van der Waals surface area contributed by atoms with Crippen LogP contribution in [0.15, 0.2) is 78.9 Å². The predicted molar refractivity (Wildman–Crippen MR) is 145 cm³/mol. The van der Waals surface area contributed by atoms with E-state index < -0.39 is 108 Å². The van der Waals surface area contributed by atoms with Gasteiger partial charge in [0.2, 0.25) is 0 Å². The van der Waals surface area contributed by atoms with Gasteiger partial charge in [-0.05, 0) is 0 Å². The number of halogens is 20. The molecule has 0 unspecified atom stereocenters. The van der Waals surface area contributed by atoms with E-state index in [4.69, 9.17) is 0 Å². The van der Waals surface area contributed by atoms with E-state index >= 15 is 35.1 Å². The van der Waals surface area contributed by atoms with Crippen LogP contribution in [0.2, 0.25) is 0 Å². The van der Waals surface area contributed by atoms with Gasteiger partial charge in [0.25, 0.3) is 0 Å². The van der Waals surface area contributed by atoms with Crippen LogP contribution < -0.4 is 15.1 Å². The molecular weight excluding hydrogens is 870 g/mol. The summed E-state index contributed by atoms with van der Waals surface area (Å²) in [5, 5.41) is -6.06. The van der Waals surface area contributed by atoms with Crippen LogP contribution in [0, 0.1) is 0 Å². The molecule has 5 rings (SSSR count). The van der Waals surface area contributed by atoms with Crippen LogP contribution in [0.3, 0.4) is 0 Å².